The first-order chi connectivity index (χ1) is 16.0. The van der Waals surface area contributed by atoms with Gasteiger partial charge in [-0.15, -0.1) is 0 Å². The number of anilines is 1. The number of nitrogens with zero attached hydrogens (tertiary/aromatic N) is 1. The van der Waals surface area contributed by atoms with Crippen molar-refractivity contribution in [3.63, 3.8) is 0 Å². The second-order valence-electron chi connectivity index (χ2n) is 8.10. The van der Waals surface area contributed by atoms with E-state index in [9.17, 15) is 14.0 Å². The normalized spacial score (nSPS) is 16.4. The summed E-state index contributed by atoms with van der Waals surface area (Å²) in [5, 5.41) is 2.85. The second-order valence-corrected chi connectivity index (χ2v) is 8.10. The standard InChI is InChI=1S/C27H27FN2O3/c1-3-23(18-8-6-5-7-9-18)30-17-20-16-22(14-15-25(20)33-24(4-2)27(30)32)29-26(31)19-10-12-21(28)13-11-19/h5-16,23-24H,3-4,17H2,1-2H3,(H,29,31)/t23-,24+/m1/s1. The minimum atomic E-state index is -0.566. The van der Waals surface area contributed by atoms with E-state index < -0.39 is 11.9 Å². The summed E-state index contributed by atoms with van der Waals surface area (Å²) in [6.45, 7) is 4.38. The summed E-state index contributed by atoms with van der Waals surface area (Å²) in [4.78, 5) is 27.9. The lowest BCUT2D eigenvalue weighted by Crippen LogP contribution is -2.41. The van der Waals surface area contributed by atoms with E-state index in [2.05, 4.69) is 12.2 Å². The van der Waals surface area contributed by atoms with Crippen molar-refractivity contribution in [2.75, 3.05) is 5.32 Å². The van der Waals surface area contributed by atoms with Gasteiger partial charge in [-0.05, 0) is 60.9 Å². The van der Waals surface area contributed by atoms with Crippen LogP contribution in [0.4, 0.5) is 10.1 Å². The lowest BCUT2D eigenvalue weighted by molar-refractivity contribution is -0.141. The predicted octanol–water partition coefficient (Wildman–Crippen LogP) is 5.73. The van der Waals surface area contributed by atoms with Gasteiger partial charge < -0.3 is 15.0 Å². The molecule has 5 nitrogen and oxygen atoms in total. The van der Waals surface area contributed by atoms with Gasteiger partial charge in [0.05, 0.1) is 12.6 Å². The number of amides is 2. The zero-order chi connectivity index (χ0) is 23.4. The SMILES string of the molecule is CC[C@@H]1Oc2ccc(NC(=O)c3ccc(F)cc3)cc2CN([C@H](CC)c2ccccc2)C1=O. The molecule has 0 fully saturated rings. The first-order valence-corrected chi connectivity index (χ1v) is 11.2. The third-order valence-electron chi connectivity index (χ3n) is 5.91. The lowest BCUT2D eigenvalue weighted by Gasteiger charge is -2.32. The highest BCUT2D eigenvalue weighted by Gasteiger charge is 2.34. The van der Waals surface area contributed by atoms with E-state index in [4.69, 9.17) is 4.74 Å². The molecule has 1 aliphatic rings. The monoisotopic (exact) mass is 446 g/mol. The molecule has 0 bridgehead atoms. The van der Waals surface area contributed by atoms with Crippen molar-refractivity contribution in [3.8, 4) is 5.75 Å². The molecule has 0 spiro atoms. The molecule has 0 aromatic heterocycles. The number of halogens is 1. The summed E-state index contributed by atoms with van der Waals surface area (Å²) < 4.78 is 19.3. The molecule has 0 aliphatic carbocycles. The Morgan fingerprint density at radius 2 is 1.82 bits per heavy atom. The topological polar surface area (TPSA) is 58.6 Å². The van der Waals surface area contributed by atoms with E-state index in [0.29, 0.717) is 30.0 Å². The maximum Gasteiger partial charge on any atom is 0.264 e. The summed E-state index contributed by atoms with van der Waals surface area (Å²) >= 11 is 0. The summed E-state index contributed by atoms with van der Waals surface area (Å²) in [5.74, 6) is -0.130. The van der Waals surface area contributed by atoms with Gasteiger partial charge in [-0.25, -0.2) is 4.39 Å². The molecule has 3 aromatic rings. The molecule has 2 atom stereocenters. The average molecular weight is 447 g/mol. The molecule has 0 radical (unpaired) electrons. The Morgan fingerprint density at radius 1 is 1.09 bits per heavy atom. The minimum absolute atomic E-state index is 0.0405. The number of hydrogen-bond acceptors (Lipinski definition) is 3. The molecule has 1 aliphatic heterocycles. The van der Waals surface area contributed by atoms with Crippen LogP contribution in [0.5, 0.6) is 5.75 Å². The molecule has 33 heavy (non-hydrogen) atoms. The molecule has 0 unspecified atom stereocenters. The van der Waals surface area contributed by atoms with E-state index in [1.807, 2.05) is 48.2 Å². The number of ether oxygens (including phenoxy) is 1. The first-order valence-electron chi connectivity index (χ1n) is 11.2. The molecule has 0 saturated heterocycles. The highest BCUT2D eigenvalue weighted by Crippen LogP contribution is 2.34. The zero-order valence-electron chi connectivity index (χ0n) is 18.8. The first kappa shape index (κ1) is 22.5. The van der Waals surface area contributed by atoms with Crippen molar-refractivity contribution in [1.29, 1.82) is 0 Å². The van der Waals surface area contributed by atoms with Crippen LogP contribution in [0.25, 0.3) is 0 Å². The third-order valence-corrected chi connectivity index (χ3v) is 5.91. The largest absolute Gasteiger partial charge is 0.480 e. The Morgan fingerprint density at radius 3 is 2.48 bits per heavy atom. The van der Waals surface area contributed by atoms with Crippen LogP contribution in [-0.2, 0) is 11.3 Å². The summed E-state index contributed by atoms with van der Waals surface area (Å²) in [6, 6.07) is 20.7. The number of fused-ring (bicyclic) bond motifs is 1. The van der Waals surface area contributed by atoms with Crippen LogP contribution < -0.4 is 10.1 Å². The van der Waals surface area contributed by atoms with Gasteiger partial charge in [0.2, 0.25) is 0 Å². The summed E-state index contributed by atoms with van der Waals surface area (Å²) in [6.07, 6.45) is 0.759. The molecule has 0 saturated carbocycles. The van der Waals surface area contributed by atoms with Crippen LogP contribution in [0.2, 0.25) is 0 Å². The predicted molar refractivity (Wildman–Crippen MR) is 126 cm³/mol. The molecule has 1 heterocycles. The Balaban J connectivity index is 1.64. The highest BCUT2D eigenvalue weighted by atomic mass is 19.1. The van der Waals surface area contributed by atoms with Crippen LogP contribution >= 0.6 is 0 Å². The number of carbonyl (C=O) groups excluding carboxylic acids is 2. The second kappa shape index (κ2) is 9.86. The van der Waals surface area contributed by atoms with Crippen LogP contribution in [0.3, 0.4) is 0 Å². The van der Waals surface area contributed by atoms with Crippen LogP contribution in [0.15, 0.2) is 72.8 Å². The molecular weight excluding hydrogens is 419 g/mol. The smallest absolute Gasteiger partial charge is 0.264 e. The fraction of sp³-hybridized carbons (Fsp3) is 0.259. The Labute approximate surface area is 193 Å². The van der Waals surface area contributed by atoms with Crippen LogP contribution in [0.1, 0.15) is 54.2 Å². The zero-order valence-corrected chi connectivity index (χ0v) is 18.8. The third kappa shape index (κ3) is 4.90. The maximum absolute atomic E-state index is 13.4. The summed E-state index contributed by atoms with van der Waals surface area (Å²) in [5.41, 5.74) is 2.85. The van der Waals surface area contributed by atoms with Crippen LogP contribution in [0, 0.1) is 5.82 Å². The number of nitrogens with one attached hydrogen (secondary N) is 1. The van der Waals surface area contributed by atoms with Crippen LogP contribution in [-0.4, -0.2) is 22.8 Å². The minimum Gasteiger partial charge on any atom is -0.480 e. The van der Waals surface area contributed by atoms with Crippen molar-refractivity contribution >= 4 is 17.5 Å². The van der Waals surface area contributed by atoms with E-state index in [1.54, 1.807) is 12.1 Å². The molecule has 6 heteroatoms. The van der Waals surface area contributed by atoms with E-state index in [0.717, 1.165) is 17.5 Å². The Kier molecular flexibility index (Phi) is 6.73. The van der Waals surface area contributed by atoms with E-state index in [1.165, 1.54) is 24.3 Å². The molecule has 170 valence electrons. The van der Waals surface area contributed by atoms with Crippen molar-refractivity contribution in [1.82, 2.24) is 4.90 Å². The van der Waals surface area contributed by atoms with Crippen molar-refractivity contribution in [2.24, 2.45) is 0 Å². The van der Waals surface area contributed by atoms with E-state index >= 15 is 0 Å². The number of hydrogen-bond donors (Lipinski definition) is 1. The van der Waals surface area contributed by atoms with E-state index in [-0.39, 0.29) is 17.9 Å². The van der Waals surface area contributed by atoms with Gasteiger partial charge in [-0.1, -0.05) is 44.2 Å². The van der Waals surface area contributed by atoms with Crippen molar-refractivity contribution in [3.05, 3.63) is 95.3 Å². The number of benzene rings is 3. The Bertz CT molecular complexity index is 1130. The van der Waals surface area contributed by atoms with Gasteiger partial charge in [0.15, 0.2) is 6.10 Å². The molecule has 2 amide bonds. The maximum atomic E-state index is 13.4. The van der Waals surface area contributed by atoms with Crippen molar-refractivity contribution in [2.45, 2.75) is 45.4 Å². The van der Waals surface area contributed by atoms with Gasteiger partial charge in [0.25, 0.3) is 11.8 Å². The van der Waals surface area contributed by atoms with Gasteiger partial charge in [0.1, 0.15) is 11.6 Å². The van der Waals surface area contributed by atoms with Gasteiger partial charge in [-0.3, -0.25) is 9.59 Å². The number of rotatable bonds is 6. The van der Waals surface area contributed by atoms with Crippen molar-refractivity contribution < 1.29 is 18.7 Å². The fourth-order valence-electron chi connectivity index (χ4n) is 4.18. The molecule has 3 aromatic carbocycles. The molecule has 1 N–H and O–H groups in total. The lowest BCUT2D eigenvalue weighted by atomic mass is 10.0. The summed E-state index contributed by atoms with van der Waals surface area (Å²) in [7, 11) is 0. The van der Waals surface area contributed by atoms with Gasteiger partial charge >= 0.3 is 0 Å². The Hall–Kier alpha value is -3.67. The quantitative estimate of drug-likeness (QED) is 0.526. The average Bonchev–Trinajstić information content (AvgIpc) is 2.97. The molecule has 4 rings (SSSR count). The fourth-order valence-corrected chi connectivity index (χ4v) is 4.18. The number of carbonyl (C=O) groups is 2. The van der Waals surface area contributed by atoms with Gasteiger partial charge in [0, 0.05) is 16.8 Å². The molecular formula is C27H27FN2O3. The van der Waals surface area contributed by atoms with Gasteiger partial charge in [-0.2, -0.15) is 0 Å². The highest BCUT2D eigenvalue weighted by molar-refractivity contribution is 6.04.